The first-order valence-electron chi connectivity index (χ1n) is 13.0. The zero-order valence-corrected chi connectivity index (χ0v) is 23.9. The molecule has 40 heavy (non-hydrogen) atoms. The topological polar surface area (TPSA) is 165 Å². The first kappa shape index (κ1) is 29.5. The van der Waals surface area contributed by atoms with Crippen LogP contribution >= 0.6 is 11.3 Å². The smallest absolute Gasteiger partial charge is 0.410 e. The second-order valence-electron chi connectivity index (χ2n) is 9.38. The molecular formula is C26H32N4O8S2. The van der Waals surface area contributed by atoms with Gasteiger partial charge in [0.15, 0.2) is 0 Å². The van der Waals surface area contributed by atoms with Gasteiger partial charge in [0.25, 0.3) is 11.8 Å². The Bertz CT molecular complexity index is 1400. The standard InChI is InChI=1S/C26H32N4O8S2/c1-3-37-25(33)17-6-5-12-30(14-17)40(35,36)18-9-7-16(8-10-18)23(32)28-24-21(22(27)31)19-11-13-29(15-20(19)39-24)26(34)38-4-2/h7-10,17H,3-6,11-15H2,1-2H3,(H2,27,31)(H,28,32). The molecule has 0 spiro atoms. The van der Waals surface area contributed by atoms with Crippen molar-refractivity contribution < 1.29 is 37.1 Å². The Kier molecular flexibility index (Phi) is 9.11. The molecule has 0 aliphatic carbocycles. The SMILES string of the molecule is CCOC(=O)C1CCCN(S(=O)(=O)c2ccc(C(=O)Nc3sc4c(c3C(N)=O)CCN(C(=O)OCC)C4)cc2)C1. The van der Waals surface area contributed by atoms with Gasteiger partial charge in [0, 0.05) is 30.1 Å². The van der Waals surface area contributed by atoms with Gasteiger partial charge in [0.05, 0.1) is 36.1 Å². The Morgan fingerprint density at radius 1 is 1.07 bits per heavy atom. The first-order chi connectivity index (χ1) is 19.1. The molecule has 2 aromatic rings. The predicted molar refractivity (Wildman–Crippen MR) is 146 cm³/mol. The number of carbonyl (C=O) groups excluding carboxylic acids is 4. The molecule has 4 rings (SSSR count). The van der Waals surface area contributed by atoms with Gasteiger partial charge in [-0.3, -0.25) is 14.4 Å². The normalized spacial score (nSPS) is 17.6. The van der Waals surface area contributed by atoms with Gasteiger partial charge in [-0.15, -0.1) is 11.3 Å². The summed E-state index contributed by atoms with van der Waals surface area (Å²) in [6, 6.07) is 5.44. The number of thiophene rings is 1. The number of sulfonamides is 1. The van der Waals surface area contributed by atoms with E-state index in [-0.39, 0.29) is 53.9 Å². The lowest BCUT2D eigenvalue weighted by molar-refractivity contribution is -0.149. The van der Waals surface area contributed by atoms with Crippen molar-refractivity contribution in [1.29, 1.82) is 0 Å². The summed E-state index contributed by atoms with van der Waals surface area (Å²) in [5.41, 5.74) is 6.71. The van der Waals surface area contributed by atoms with Crippen LogP contribution in [0.15, 0.2) is 29.2 Å². The van der Waals surface area contributed by atoms with Crippen LogP contribution in [-0.2, 0) is 37.3 Å². The third kappa shape index (κ3) is 6.13. The number of hydrogen-bond donors (Lipinski definition) is 2. The van der Waals surface area contributed by atoms with E-state index in [0.717, 1.165) is 16.2 Å². The lowest BCUT2D eigenvalue weighted by Gasteiger charge is -2.30. The van der Waals surface area contributed by atoms with Crippen molar-refractivity contribution >= 4 is 50.2 Å². The minimum Gasteiger partial charge on any atom is -0.466 e. The number of hydrogen-bond acceptors (Lipinski definition) is 9. The third-order valence-electron chi connectivity index (χ3n) is 6.81. The van der Waals surface area contributed by atoms with Crippen LogP contribution in [0.25, 0.3) is 0 Å². The van der Waals surface area contributed by atoms with Crippen molar-refractivity contribution in [1.82, 2.24) is 9.21 Å². The minimum absolute atomic E-state index is 0.00275. The summed E-state index contributed by atoms with van der Waals surface area (Å²) >= 11 is 1.16. The van der Waals surface area contributed by atoms with Crippen LogP contribution in [0.3, 0.4) is 0 Å². The van der Waals surface area contributed by atoms with Gasteiger partial charge in [0.1, 0.15) is 5.00 Å². The molecule has 0 saturated carbocycles. The molecule has 3 N–H and O–H groups in total. The molecule has 2 aliphatic rings. The highest BCUT2D eigenvalue weighted by Gasteiger charge is 2.34. The van der Waals surface area contributed by atoms with E-state index in [9.17, 15) is 27.6 Å². The van der Waals surface area contributed by atoms with Crippen LogP contribution in [-0.4, -0.2) is 74.3 Å². The highest BCUT2D eigenvalue weighted by Crippen LogP contribution is 2.37. The molecule has 1 aromatic heterocycles. The van der Waals surface area contributed by atoms with Gasteiger partial charge in [-0.2, -0.15) is 4.31 Å². The number of esters is 1. The van der Waals surface area contributed by atoms with Crippen LogP contribution in [0, 0.1) is 5.92 Å². The predicted octanol–water partition coefficient (Wildman–Crippen LogP) is 2.58. The fraction of sp³-hybridized carbons (Fsp3) is 0.462. The van der Waals surface area contributed by atoms with Gasteiger partial charge in [-0.05, 0) is 62.9 Å². The first-order valence-corrected chi connectivity index (χ1v) is 15.3. The maximum Gasteiger partial charge on any atom is 0.410 e. The maximum absolute atomic E-state index is 13.2. The average molecular weight is 593 g/mol. The summed E-state index contributed by atoms with van der Waals surface area (Å²) in [5, 5.41) is 2.99. The van der Waals surface area contributed by atoms with Crippen LogP contribution < -0.4 is 11.1 Å². The molecule has 0 radical (unpaired) electrons. The van der Waals surface area contributed by atoms with Gasteiger partial charge in [-0.25, -0.2) is 13.2 Å². The Labute approximate surface area is 236 Å². The van der Waals surface area contributed by atoms with Crippen LogP contribution in [0.5, 0.6) is 0 Å². The highest BCUT2D eigenvalue weighted by atomic mass is 32.2. The molecule has 1 unspecified atom stereocenters. The monoisotopic (exact) mass is 592 g/mol. The van der Waals surface area contributed by atoms with E-state index in [4.69, 9.17) is 15.2 Å². The quantitative estimate of drug-likeness (QED) is 0.442. The van der Waals surface area contributed by atoms with Gasteiger partial charge in [0.2, 0.25) is 10.0 Å². The summed E-state index contributed by atoms with van der Waals surface area (Å²) in [6.45, 7) is 4.80. The van der Waals surface area contributed by atoms with Crippen molar-refractivity contribution in [3.8, 4) is 0 Å². The largest absolute Gasteiger partial charge is 0.466 e. The minimum atomic E-state index is -3.89. The molecule has 1 atom stereocenters. The molecule has 12 nitrogen and oxygen atoms in total. The molecule has 3 amide bonds. The van der Waals surface area contributed by atoms with Crippen molar-refractivity contribution in [3.05, 3.63) is 45.8 Å². The van der Waals surface area contributed by atoms with Gasteiger partial charge >= 0.3 is 12.1 Å². The zero-order valence-electron chi connectivity index (χ0n) is 22.3. The van der Waals surface area contributed by atoms with E-state index < -0.39 is 39.8 Å². The maximum atomic E-state index is 13.2. The molecule has 216 valence electrons. The number of rotatable bonds is 8. The number of nitrogens with two attached hydrogens (primary N) is 1. The van der Waals surface area contributed by atoms with Crippen LogP contribution in [0.2, 0.25) is 0 Å². The molecule has 1 fully saturated rings. The number of ether oxygens (including phenoxy) is 2. The lowest BCUT2D eigenvalue weighted by atomic mass is 10.0. The van der Waals surface area contributed by atoms with Crippen molar-refractivity contribution in [2.24, 2.45) is 11.7 Å². The summed E-state index contributed by atoms with van der Waals surface area (Å²) < 4.78 is 37.8. The molecule has 1 aromatic carbocycles. The number of anilines is 1. The summed E-state index contributed by atoms with van der Waals surface area (Å²) in [7, 11) is -3.89. The van der Waals surface area contributed by atoms with E-state index in [1.54, 1.807) is 13.8 Å². The molecular weight excluding hydrogens is 560 g/mol. The molecule has 14 heteroatoms. The Hall–Kier alpha value is -3.49. The van der Waals surface area contributed by atoms with Crippen molar-refractivity contribution in [2.75, 3.05) is 38.2 Å². The highest BCUT2D eigenvalue weighted by molar-refractivity contribution is 7.89. The zero-order chi connectivity index (χ0) is 29.0. The number of carbonyl (C=O) groups is 4. The van der Waals surface area contributed by atoms with E-state index in [2.05, 4.69) is 5.32 Å². The van der Waals surface area contributed by atoms with E-state index in [1.807, 2.05) is 0 Å². The van der Waals surface area contributed by atoms with Crippen molar-refractivity contribution in [3.63, 3.8) is 0 Å². The number of amides is 3. The van der Waals surface area contributed by atoms with Crippen LogP contribution in [0.1, 0.15) is 57.8 Å². The van der Waals surface area contributed by atoms with E-state index >= 15 is 0 Å². The molecule has 3 heterocycles. The number of primary amides is 1. The number of fused-ring (bicyclic) bond motifs is 1. The lowest BCUT2D eigenvalue weighted by Crippen LogP contribution is -2.42. The van der Waals surface area contributed by atoms with Crippen molar-refractivity contribution in [2.45, 2.75) is 44.6 Å². The third-order valence-corrected chi connectivity index (χ3v) is 9.83. The summed E-state index contributed by atoms with van der Waals surface area (Å²) in [5.74, 6) is -2.17. The average Bonchev–Trinajstić information content (AvgIpc) is 3.30. The number of piperidine rings is 1. The van der Waals surface area contributed by atoms with E-state index in [1.165, 1.54) is 33.5 Å². The second kappa shape index (κ2) is 12.4. The number of nitrogens with zero attached hydrogens (tertiary/aromatic N) is 2. The molecule has 0 bridgehead atoms. The van der Waals surface area contributed by atoms with Crippen LogP contribution in [0.4, 0.5) is 9.80 Å². The molecule has 2 aliphatic heterocycles. The number of benzene rings is 1. The Morgan fingerprint density at radius 3 is 2.42 bits per heavy atom. The fourth-order valence-corrected chi connectivity index (χ4v) is 7.63. The second-order valence-corrected chi connectivity index (χ2v) is 12.4. The van der Waals surface area contributed by atoms with E-state index in [0.29, 0.717) is 31.4 Å². The fourth-order valence-electron chi connectivity index (χ4n) is 4.84. The Morgan fingerprint density at radius 2 is 1.77 bits per heavy atom. The summed E-state index contributed by atoms with van der Waals surface area (Å²) in [4.78, 5) is 51.9. The Balaban J connectivity index is 1.49. The number of nitrogens with one attached hydrogen (secondary N) is 1. The summed E-state index contributed by atoms with van der Waals surface area (Å²) in [6.07, 6.45) is 1.03. The van der Waals surface area contributed by atoms with Gasteiger partial charge < -0.3 is 25.4 Å². The van der Waals surface area contributed by atoms with Gasteiger partial charge in [-0.1, -0.05) is 0 Å². The molecule has 1 saturated heterocycles.